The average molecular weight is 401 g/mol. The van der Waals surface area contributed by atoms with Crippen molar-refractivity contribution >= 4 is 11.8 Å². The second-order valence-corrected chi connectivity index (χ2v) is 7.62. The molecule has 1 aliphatic rings. The first-order valence-electron chi connectivity index (χ1n) is 10.3. The molecule has 4 rings (SSSR count). The lowest BCUT2D eigenvalue weighted by atomic mass is 10.1. The van der Waals surface area contributed by atoms with E-state index in [1.54, 1.807) is 6.07 Å². The maximum Gasteiger partial charge on any atom is 0.254 e. The first-order chi connectivity index (χ1) is 14.5. The smallest absolute Gasteiger partial charge is 0.254 e. The molecule has 3 aromatic carbocycles. The fourth-order valence-corrected chi connectivity index (χ4v) is 3.34. The number of nitrogens with zero attached hydrogens (tertiary/aromatic N) is 1. The summed E-state index contributed by atoms with van der Waals surface area (Å²) in [5.74, 6) is -0.0133. The standard InChI is InChI=1S/C20H22N2O2.C6H6/c1-14-5-2-3-8-18(14)20(24)22(13-19(21)23)12-15-6-4-7-17(11-15)16-9-10-16;1-2-4-6-5-3-1/h2-8,11,16H,9-10,12-13H2,1H3,(H2,21,23);1-6H. The highest BCUT2D eigenvalue weighted by atomic mass is 16.2. The Kier molecular flexibility index (Phi) is 7.39. The number of hydrogen-bond acceptors (Lipinski definition) is 2. The minimum absolute atomic E-state index is 0.0825. The van der Waals surface area contributed by atoms with Crippen LogP contribution in [0.2, 0.25) is 0 Å². The van der Waals surface area contributed by atoms with Crippen molar-refractivity contribution in [1.29, 1.82) is 0 Å². The van der Waals surface area contributed by atoms with E-state index in [0.29, 0.717) is 18.0 Å². The summed E-state index contributed by atoms with van der Waals surface area (Å²) in [6, 6.07) is 27.7. The molecule has 0 aromatic heterocycles. The number of rotatable bonds is 6. The van der Waals surface area contributed by atoms with E-state index in [9.17, 15) is 9.59 Å². The van der Waals surface area contributed by atoms with Gasteiger partial charge in [-0.3, -0.25) is 9.59 Å². The second kappa shape index (κ2) is 10.4. The van der Waals surface area contributed by atoms with Crippen LogP contribution in [0.1, 0.15) is 45.8 Å². The Labute approximate surface area is 178 Å². The van der Waals surface area contributed by atoms with E-state index in [4.69, 9.17) is 5.73 Å². The third kappa shape index (κ3) is 6.31. The summed E-state index contributed by atoms with van der Waals surface area (Å²) < 4.78 is 0. The zero-order valence-electron chi connectivity index (χ0n) is 17.3. The van der Waals surface area contributed by atoms with Crippen molar-refractivity contribution < 1.29 is 9.59 Å². The van der Waals surface area contributed by atoms with Crippen LogP contribution in [-0.2, 0) is 11.3 Å². The maximum atomic E-state index is 12.9. The first kappa shape index (κ1) is 21.3. The van der Waals surface area contributed by atoms with Gasteiger partial charge in [0.15, 0.2) is 0 Å². The number of primary amides is 1. The molecule has 0 heterocycles. The topological polar surface area (TPSA) is 63.4 Å². The first-order valence-corrected chi connectivity index (χ1v) is 10.3. The molecule has 1 aliphatic carbocycles. The predicted octanol–water partition coefficient (Wildman–Crippen LogP) is 4.69. The number of benzene rings is 3. The van der Waals surface area contributed by atoms with Crippen LogP contribution in [0.3, 0.4) is 0 Å². The van der Waals surface area contributed by atoms with Crippen molar-refractivity contribution in [2.24, 2.45) is 5.73 Å². The third-order valence-corrected chi connectivity index (χ3v) is 5.05. The van der Waals surface area contributed by atoms with E-state index >= 15 is 0 Å². The molecule has 154 valence electrons. The molecule has 0 unspecified atom stereocenters. The van der Waals surface area contributed by atoms with Gasteiger partial charge in [0.1, 0.15) is 0 Å². The molecular formula is C26H28N2O2. The van der Waals surface area contributed by atoms with Gasteiger partial charge in [-0.1, -0.05) is 78.9 Å². The Balaban J connectivity index is 0.000000367. The molecule has 0 spiro atoms. The molecule has 1 saturated carbocycles. The lowest BCUT2D eigenvalue weighted by Crippen LogP contribution is -2.38. The van der Waals surface area contributed by atoms with Gasteiger partial charge in [0.2, 0.25) is 5.91 Å². The summed E-state index contributed by atoms with van der Waals surface area (Å²) in [6.07, 6.45) is 2.47. The van der Waals surface area contributed by atoms with Gasteiger partial charge >= 0.3 is 0 Å². The van der Waals surface area contributed by atoms with Crippen LogP contribution in [0.15, 0.2) is 84.9 Å². The lowest BCUT2D eigenvalue weighted by molar-refractivity contribution is -0.118. The molecule has 4 heteroatoms. The highest BCUT2D eigenvalue weighted by Crippen LogP contribution is 2.40. The Morgan fingerprint density at radius 3 is 2.10 bits per heavy atom. The predicted molar refractivity (Wildman–Crippen MR) is 120 cm³/mol. The molecule has 2 amide bonds. The number of nitrogens with two attached hydrogens (primary N) is 1. The van der Waals surface area contributed by atoms with E-state index in [2.05, 4.69) is 12.1 Å². The Morgan fingerprint density at radius 1 is 0.900 bits per heavy atom. The molecule has 1 fully saturated rings. The number of hydrogen-bond donors (Lipinski definition) is 1. The number of carbonyl (C=O) groups is 2. The lowest BCUT2D eigenvalue weighted by Gasteiger charge is -2.22. The van der Waals surface area contributed by atoms with Gasteiger partial charge in [-0.2, -0.15) is 0 Å². The van der Waals surface area contributed by atoms with Crippen LogP contribution in [0.4, 0.5) is 0 Å². The van der Waals surface area contributed by atoms with Crippen LogP contribution in [-0.4, -0.2) is 23.3 Å². The SMILES string of the molecule is Cc1ccccc1C(=O)N(CC(N)=O)Cc1cccc(C2CC2)c1.c1ccccc1. The van der Waals surface area contributed by atoms with Gasteiger partial charge in [-0.25, -0.2) is 0 Å². The average Bonchev–Trinajstić information content (AvgIpc) is 3.60. The zero-order chi connectivity index (χ0) is 21.3. The van der Waals surface area contributed by atoms with Gasteiger partial charge in [-0.05, 0) is 48.4 Å². The van der Waals surface area contributed by atoms with Crippen molar-refractivity contribution in [3.63, 3.8) is 0 Å². The molecule has 2 N–H and O–H groups in total. The van der Waals surface area contributed by atoms with Crippen molar-refractivity contribution in [3.05, 3.63) is 107 Å². The largest absolute Gasteiger partial charge is 0.368 e. The van der Waals surface area contributed by atoms with Crippen molar-refractivity contribution in [3.8, 4) is 0 Å². The van der Waals surface area contributed by atoms with Crippen LogP contribution in [0.5, 0.6) is 0 Å². The van der Waals surface area contributed by atoms with E-state index in [1.807, 2.05) is 73.7 Å². The van der Waals surface area contributed by atoms with E-state index in [-0.39, 0.29) is 12.5 Å². The van der Waals surface area contributed by atoms with Crippen LogP contribution in [0.25, 0.3) is 0 Å². The maximum absolute atomic E-state index is 12.9. The minimum Gasteiger partial charge on any atom is -0.368 e. The summed E-state index contributed by atoms with van der Waals surface area (Å²) in [4.78, 5) is 25.8. The van der Waals surface area contributed by atoms with Gasteiger partial charge < -0.3 is 10.6 Å². The van der Waals surface area contributed by atoms with Gasteiger partial charge in [0.05, 0.1) is 6.54 Å². The summed E-state index contributed by atoms with van der Waals surface area (Å²) in [6.45, 7) is 2.20. The minimum atomic E-state index is -0.504. The monoisotopic (exact) mass is 400 g/mol. The van der Waals surface area contributed by atoms with Crippen molar-refractivity contribution in [2.75, 3.05) is 6.54 Å². The summed E-state index contributed by atoms with van der Waals surface area (Å²) in [5, 5.41) is 0. The van der Waals surface area contributed by atoms with Crippen LogP contribution >= 0.6 is 0 Å². The molecule has 0 radical (unpaired) electrons. The van der Waals surface area contributed by atoms with Gasteiger partial charge in [-0.15, -0.1) is 0 Å². The van der Waals surface area contributed by atoms with Gasteiger partial charge in [0.25, 0.3) is 5.91 Å². The number of carbonyl (C=O) groups excluding carboxylic acids is 2. The molecule has 0 saturated heterocycles. The molecule has 0 aliphatic heterocycles. The summed E-state index contributed by atoms with van der Waals surface area (Å²) in [7, 11) is 0. The van der Waals surface area contributed by atoms with Crippen molar-refractivity contribution in [1.82, 2.24) is 4.90 Å². The third-order valence-electron chi connectivity index (χ3n) is 5.05. The Bertz CT molecular complexity index is 954. The fourth-order valence-electron chi connectivity index (χ4n) is 3.34. The van der Waals surface area contributed by atoms with E-state index in [0.717, 1.165) is 11.1 Å². The van der Waals surface area contributed by atoms with Crippen molar-refractivity contribution in [2.45, 2.75) is 32.2 Å². The highest BCUT2D eigenvalue weighted by Gasteiger charge is 2.24. The molecule has 30 heavy (non-hydrogen) atoms. The Hall–Kier alpha value is -3.40. The molecule has 0 atom stereocenters. The quantitative estimate of drug-likeness (QED) is 0.653. The highest BCUT2D eigenvalue weighted by molar-refractivity contribution is 5.97. The van der Waals surface area contributed by atoms with Crippen LogP contribution < -0.4 is 5.73 Å². The fraction of sp³-hybridized carbons (Fsp3) is 0.231. The van der Waals surface area contributed by atoms with Crippen LogP contribution in [0, 0.1) is 6.92 Å². The summed E-state index contributed by atoms with van der Waals surface area (Å²) >= 11 is 0. The van der Waals surface area contributed by atoms with Gasteiger partial charge in [0, 0.05) is 12.1 Å². The number of amides is 2. The van der Waals surface area contributed by atoms with E-state index in [1.165, 1.54) is 23.3 Å². The second-order valence-electron chi connectivity index (χ2n) is 7.62. The zero-order valence-corrected chi connectivity index (χ0v) is 17.3. The number of aryl methyl sites for hydroxylation is 1. The Morgan fingerprint density at radius 2 is 1.53 bits per heavy atom. The van der Waals surface area contributed by atoms with E-state index < -0.39 is 5.91 Å². The summed E-state index contributed by atoms with van der Waals surface area (Å²) in [5.41, 5.74) is 9.20. The molecule has 0 bridgehead atoms. The normalized spacial score (nSPS) is 12.4. The molecule has 3 aromatic rings. The molecule has 4 nitrogen and oxygen atoms in total. The molecular weight excluding hydrogens is 372 g/mol.